The Morgan fingerprint density at radius 1 is 0.767 bits per heavy atom. The number of pyridine rings is 3. The molecular formula is C25H16N4O. The third-order valence-corrected chi connectivity index (χ3v) is 5.54. The molecule has 0 saturated carbocycles. The lowest BCUT2D eigenvalue weighted by atomic mass is 9.90. The Bertz CT molecular complexity index is 1460. The third kappa shape index (κ3) is 2.49. The molecule has 2 aromatic carbocycles. The van der Waals surface area contributed by atoms with Gasteiger partial charge in [0.25, 0.3) is 0 Å². The van der Waals surface area contributed by atoms with Crippen molar-refractivity contribution in [2.75, 3.05) is 5.32 Å². The second kappa shape index (κ2) is 6.46. The highest BCUT2D eigenvalue weighted by molar-refractivity contribution is 6.27. The van der Waals surface area contributed by atoms with Gasteiger partial charge in [0.05, 0.1) is 16.8 Å². The maximum Gasteiger partial charge on any atom is 0.214 e. The van der Waals surface area contributed by atoms with E-state index in [0.717, 1.165) is 39.6 Å². The lowest BCUT2D eigenvalue weighted by molar-refractivity contribution is 0.103. The minimum absolute atomic E-state index is 0.100. The van der Waals surface area contributed by atoms with Crippen LogP contribution in [0.3, 0.4) is 0 Å². The molecule has 5 nitrogen and oxygen atoms in total. The van der Waals surface area contributed by atoms with Crippen LogP contribution in [0.4, 0.5) is 5.69 Å². The number of carbonyl (C=O) groups is 1. The van der Waals surface area contributed by atoms with Crippen LogP contribution in [-0.4, -0.2) is 20.7 Å². The van der Waals surface area contributed by atoms with E-state index in [1.54, 1.807) is 24.5 Å². The summed E-state index contributed by atoms with van der Waals surface area (Å²) in [6.45, 7) is 0.735. The fourth-order valence-corrected chi connectivity index (χ4v) is 4.11. The molecule has 3 heterocycles. The van der Waals surface area contributed by atoms with Crippen LogP contribution in [0.2, 0.25) is 0 Å². The molecule has 0 bridgehead atoms. The van der Waals surface area contributed by atoms with E-state index in [9.17, 15) is 4.79 Å². The molecule has 0 fully saturated rings. The second-order valence-electron chi connectivity index (χ2n) is 7.34. The summed E-state index contributed by atoms with van der Waals surface area (Å²) in [5.74, 6) is -0.100. The average Bonchev–Trinajstić information content (AvgIpc) is 2.81. The van der Waals surface area contributed by atoms with Gasteiger partial charge in [0.1, 0.15) is 11.4 Å². The van der Waals surface area contributed by atoms with Crippen LogP contribution in [0.1, 0.15) is 21.6 Å². The lowest BCUT2D eigenvalue weighted by Crippen LogP contribution is -2.14. The summed E-state index contributed by atoms with van der Waals surface area (Å²) in [5, 5.41) is 6.21. The van der Waals surface area contributed by atoms with Crippen LogP contribution >= 0.6 is 0 Å². The SMILES string of the molecule is O=C1c2cccnc2-c2nccc3c2c1nc1ccc(NCc2ccccc2)cc13. The van der Waals surface area contributed by atoms with E-state index in [1.807, 2.05) is 36.4 Å². The van der Waals surface area contributed by atoms with Crippen molar-refractivity contribution in [2.45, 2.75) is 6.54 Å². The van der Waals surface area contributed by atoms with E-state index >= 15 is 0 Å². The number of fused-ring (bicyclic) bond motifs is 4. The summed E-state index contributed by atoms with van der Waals surface area (Å²) in [6, 6.07) is 21.8. The number of rotatable bonds is 3. The van der Waals surface area contributed by atoms with Crippen molar-refractivity contribution in [1.82, 2.24) is 15.0 Å². The lowest BCUT2D eigenvalue weighted by Gasteiger charge is -2.18. The van der Waals surface area contributed by atoms with Crippen LogP contribution in [0.5, 0.6) is 0 Å². The third-order valence-electron chi connectivity index (χ3n) is 5.54. The molecule has 30 heavy (non-hydrogen) atoms. The zero-order chi connectivity index (χ0) is 20.1. The van der Waals surface area contributed by atoms with Crippen molar-refractivity contribution in [3.8, 4) is 11.4 Å². The standard InChI is InChI=1S/C25H16N4O/c30-25-18-7-4-11-26-22(18)23-21-17(10-12-27-23)19-13-16(8-9-20(19)29-24(21)25)28-14-15-5-2-1-3-6-15/h1-13,28H,14H2. The van der Waals surface area contributed by atoms with Crippen molar-refractivity contribution in [2.24, 2.45) is 0 Å². The van der Waals surface area contributed by atoms with Crippen molar-refractivity contribution >= 4 is 33.1 Å². The first-order valence-electron chi connectivity index (χ1n) is 9.80. The van der Waals surface area contributed by atoms with Gasteiger partial charge in [-0.1, -0.05) is 30.3 Å². The Hall–Kier alpha value is -4.12. The van der Waals surface area contributed by atoms with Crippen molar-refractivity contribution in [1.29, 1.82) is 0 Å². The summed E-state index contributed by atoms with van der Waals surface area (Å²) in [4.78, 5) is 26.8. The molecule has 0 amide bonds. The Morgan fingerprint density at radius 3 is 2.53 bits per heavy atom. The Kier molecular flexibility index (Phi) is 3.62. The quantitative estimate of drug-likeness (QED) is 0.432. The molecule has 5 heteroatoms. The molecule has 0 unspecified atom stereocenters. The molecule has 5 aromatic rings. The van der Waals surface area contributed by atoms with Gasteiger partial charge >= 0.3 is 0 Å². The first-order chi connectivity index (χ1) is 14.8. The molecule has 3 aromatic heterocycles. The van der Waals surface area contributed by atoms with Crippen LogP contribution < -0.4 is 5.32 Å². The highest BCUT2D eigenvalue weighted by atomic mass is 16.1. The zero-order valence-electron chi connectivity index (χ0n) is 16.0. The number of hydrogen-bond acceptors (Lipinski definition) is 5. The van der Waals surface area contributed by atoms with Gasteiger partial charge in [-0.2, -0.15) is 0 Å². The molecule has 0 aliphatic heterocycles. The van der Waals surface area contributed by atoms with E-state index in [0.29, 0.717) is 17.0 Å². The zero-order valence-corrected chi connectivity index (χ0v) is 16.0. The number of hydrogen-bond donors (Lipinski definition) is 1. The maximum absolute atomic E-state index is 13.1. The molecule has 142 valence electrons. The van der Waals surface area contributed by atoms with Gasteiger partial charge in [-0.3, -0.25) is 14.8 Å². The second-order valence-corrected chi connectivity index (χ2v) is 7.34. The fraction of sp³-hybridized carbons (Fsp3) is 0.0400. The number of benzene rings is 2. The predicted octanol–water partition coefficient (Wildman–Crippen LogP) is 5.00. The van der Waals surface area contributed by atoms with Gasteiger partial charge in [0.15, 0.2) is 0 Å². The Morgan fingerprint density at radius 2 is 1.63 bits per heavy atom. The molecule has 1 aliphatic carbocycles. The van der Waals surface area contributed by atoms with Crippen LogP contribution in [0.15, 0.2) is 79.1 Å². The fourth-order valence-electron chi connectivity index (χ4n) is 4.11. The molecule has 1 N–H and O–H groups in total. The van der Waals surface area contributed by atoms with Crippen molar-refractivity contribution in [3.05, 3.63) is 95.9 Å². The van der Waals surface area contributed by atoms with E-state index in [2.05, 4.69) is 33.5 Å². The van der Waals surface area contributed by atoms with Crippen molar-refractivity contribution < 1.29 is 4.79 Å². The van der Waals surface area contributed by atoms with Gasteiger partial charge in [0.2, 0.25) is 5.78 Å². The summed E-state index contributed by atoms with van der Waals surface area (Å²) in [7, 11) is 0. The summed E-state index contributed by atoms with van der Waals surface area (Å²) < 4.78 is 0. The van der Waals surface area contributed by atoms with Gasteiger partial charge in [-0.25, -0.2) is 4.98 Å². The minimum atomic E-state index is -0.100. The van der Waals surface area contributed by atoms with Gasteiger partial charge in [0, 0.05) is 35.4 Å². The molecule has 0 radical (unpaired) electrons. The number of nitrogens with zero attached hydrogens (tertiary/aromatic N) is 3. The Balaban J connectivity index is 1.54. The normalized spacial score (nSPS) is 12.2. The number of carbonyl (C=O) groups excluding carboxylic acids is 1. The first-order valence-corrected chi connectivity index (χ1v) is 9.80. The molecule has 0 spiro atoms. The summed E-state index contributed by atoms with van der Waals surface area (Å²) in [6.07, 6.45) is 3.47. The monoisotopic (exact) mass is 388 g/mol. The number of ketones is 1. The van der Waals surface area contributed by atoms with Crippen LogP contribution in [0.25, 0.3) is 33.1 Å². The first kappa shape index (κ1) is 16.8. The van der Waals surface area contributed by atoms with Crippen molar-refractivity contribution in [3.63, 3.8) is 0 Å². The molecule has 0 atom stereocenters. The topological polar surface area (TPSA) is 67.8 Å². The van der Waals surface area contributed by atoms with E-state index in [1.165, 1.54) is 5.56 Å². The summed E-state index contributed by atoms with van der Waals surface area (Å²) >= 11 is 0. The molecule has 6 rings (SSSR count). The molecule has 1 aliphatic rings. The van der Waals surface area contributed by atoms with E-state index in [-0.39, 0.29) is 5.78 Å². The van der Waals surface area contributed by atoms with Gasteiger partial charge in [-0.15, -0.1) is 0 Å². The largest absolute Gasteiger partial charge is 0.381 e. The minimum Gasteiger partial charge on any atom is -0.381 e. The van der Waals surface area contributed by atoms with Crippen LogP contribution in [-0.2, 0) is 6.54 Å². The number of anilines is 1. The Labute approximate surface area is 172 Å². The molecule has 0 saturated heterocycles. The number of nitrogens with one attached hydrogen (secondary N) is 1. The van der Waals surface area contributed by atoms with Crippen LogP contribution in [0, 0.1) is 0 Å². The average molecular weight is 388 g/mol. The van der Waals surface area contributed by atoms with Gasteiger partial charge in [-0.05, 0) is 47.3 Å². The predicted molar refractivity (Wildman–Crippen MR) is 117 cm³/mol. The molecular weight excluding hydrogens is 372 g/mol. The maximum atomic E-state index is 13.1. The van der Waals surface area contributed by atoms with E-state index < -0.39 is 0 Å². The van der Waals surface area contributed by atoms with Gasteiger partial charge < -0.3 is 5.32 Å². The highest BCUT2D eigenvalue weighted by Crippen LogP contribution is 2.39. The summed E-state index contributed by atoms with van der Waals surface area (Å²) in [5.41, 5.74) is 5.35. The smallest absolute Gasteiger partial charge is 0.214 e. The number of aromatic nitrogens is 3. The highest BCUT2D eigenvalue weighted by Gasteiger charge is 2.29. The van der Waals surface area contributed by atoms with E-state index in [4.69, 9.17) is 4.98 Å².